The van der Waals surface area contributed by atoms with E-state index in [9.17, 15) is 9.18 Å². The Hall–Kier alpha value is -3.51. The van der Waals surface area contributed by atoms with Crippen LogP contribution in [0.15, 0.2) is 72.9 Å². The summed E-state index contributed by atoms with van der Waals surface area (Å²) in [5.41, 5.74) is 4.15. The van der Waals surface area contributed by atoms with E-state index in [1.54, 1.807) is 18.3 Å². The van der Waals surface area contributed by atoms with E-state index in [2.05, 4.69) is 20.5 Å². The van der Waals surface area contributed by atoms with Gasteiger partial charge in [0.05, 0.1) is 16.4 Å². The van der Waals surface area contributed by atoms with Crippen LogP contribution in [0, 0.1) is 5.82 Å². The molecule has 0 spiro atoms. The number of carbonyl (C=O) groups excluding carboxylic acids is 1. The fraction of sp³-hybridized carbons (Fsp3) is 0.0870. The summed E-state index contributed by atoms with van der Waals surface area (Å²) in [4.78, 5) is 17.0. The van der Waals surface area contributed by atoms with Gasteiger partial charge in [0.1, 0.15) is 5.82 Å². The first-order valence-electron chi connectivity index (χ1n) is 9.40. The standard InChI is InChI=1S/C23H18ClFN4O/c24-19-13-15(8-9-20(19)25)21-14-22(29-28-21)17-6-1-2-7-18(17)23(30)27-12-10-16-5-3-4-11-26-16/h1-9,11,13-14H,10,12H2,(H,27,30)(H,28,29). The average Bonchev–Trinajstić information content (AvgIpc) is 3.26. The zero-order valence-electron chi connectivity index (χ0n) is 15.9. The molecule has 30 heavy (non-hydrogen) atoms. The van der Waals surface area contributed by atoms with E-state index >= 15 is 0 Å². The Morgan fingerprint density at radius 3 is 2.70 bits per heavy atom. The lowest BCUT2D eigenvalue weighted by molar-refractivity contribution is 0.0954. The number of amides is 1. The van der Waals surface area contributed by atoms with Crippen LogP contribution in [-0.2, 0) is 6.42 Å². The number of pyridine rings is 1. The van der Waals surface area contributed by atoms with E-state index < -0.39 is 5.82 Å². The van der Waals surface area contributed by atoms with Crippen molar-refractivity contribution in [3.05, 3.63) is 95.0 Å². The topological polar surface area (TPSA) is 70.7 Å². The van der Waals surface area contributed by atoms with Crippen LogP contribution >= 0.6 is 11.6 Å². The fourth-order valence-electron chi connectivity index (χ4n) is 3.12. The third-order valence-electron chi connectivity index (χ3n) is 4.65. The maximum absolute atomic E-state index is 13.4. The first kappa shape index (κ1) is 19.8. The number of H-pyrrole nitrogens is 1. The molecule has 2 aromatic carbocycles. The number of aromatic amines is 1. The molecule has 0 aliphatic carbocycles. The molecule has 150 valence electrons. The van der Waals surface area contributed by atoms with Crippen molar-refractivity contribution in [3.63, 3.8) is 0 Å². The number of aromatic nitrogens is 3. The van der Waals surface area contributed by atoms with Crippen molar-refractivity contribution in [3.8, 4) is 22.5 Å². The van der Waals surface area contributed by atoms with Gasteiger partial charge in [-0.15, -0.1) is 0 Å². The lowest BCUT2D eigenvalue weighted by atomic mass is 10.0. The summed E-state index contributed by atoms with van der Waals surface area (Å²) < 4.78 is 13.4. The van der Waals surface area contributed by atoms with E-state index in [1.807, 2.05) is 42.5 Å². The van der Waals surface area contributed by atoms with Crippen molar-refractivity contribution in [2.75, 3.05) is 6.54 Å². The van der Waals surface area contributed by atoms with Crippen LogP contribution < -0.4 is 5.32 Å². The maximum Gasteiger partial charge on any atom is 0.251 e. The molecule has 4 aromatic rings. The minimum absolute atomic E-state index is 0.0322. The van der Waals surface area contributed by atoms with Crippen molar-refractivity contribution in [1.29, 1.82) is 0 Å². The van der Waals surface area contributed by atoms with Crippen LogP contribution in [0.3, 0.4) is 0 Å². The summed E-state index contributed by atoms with van der Waals surface area (Å²) in [6.45, 7) is 0.479. The number of nitrogens with zero attached hydrogens (tertiary/aromatic N) is 2. The first-order chi connectivity index (χ1) is 14.6. The quantitative estimate of drug-likeness (QED) is 0.466. The van der Waals surface area contributed by atoms with E-state index in [0.29, 0.717) is 35.5 Å². The second kappa shape index (κ2) is 8.88. The van der Waals surface area contributed by atoms with Gasteiger partial charge in [-0.05, 0) is 42.5 Å². The molecule has 0 fully saturated rings. The predicted molar refractivity (Wildman–Crippen MR) is 115 cm³/mol. The van der Waals surface area contributed by atoms with Crippen molar-refractivity contribution < 1.29 is 9.18 Å². The minimum Gasteiger partial charge on any atom is -0.352 e. The highest BCUT2D eigenvalue weighted by Gasteiger charge is 2.15. The Morgan fingerprint density at radius 1 is 1.07 bits per heavy atom. The summed E-state index contributed by atoms with van der Waals surface area (Å²) in [5, 5.41) is 10.2. The van der Waals surface area contributed by atoms with Gasteiger partial charge in [0.2, 0.25) is 0 Å². The smallest absolute Gasteiger partial charge is 0.251 e. The molecule has 2 aromatic heterocycles. The number of carbonyl (C=O) groups is 1. The molecule has 7 heteroatoms. The molecule has 0 saturated heterocycles. The molecule has 0 bridgehead atoms. The fourth-order valence-corrected chi connectivity index (χ4v) is 3.30. The van der Waals surface area contributed by atoms with Crippen LogP contribution in [0.5, 0.6) is 0 Å². The van der Waals surface area contributed by atoms with Gasteiger partial charge in [-0.2, -0.15) is 5.10 Å². The summed E-state index contributed by atoms with van der Waals surface area (Å²) in [6, 6.07) is 19.2. The highest BCUT2D eigenvalue weighted by molar-refractivity contribution is 6.31. The molecule has 4 rings (SSSR count). The van der Waals surface area contributed by atoms with E-state index in [-0.39, 0.29) is 10.9 Å². The Kier molecular flexibility index (Phi) is 5.86. The highest BCUT2D eigenvalue weighted by Crippen LogP contribution is 2.28. The molecule has 1 amide bonds. The molecule has 0 unspecified atom stereocenters. The molecule has 0 aliphatic rings. The summed E-state index contributed by atoms with van der Waals surface area (Å²) in [7, 11) is 0. The Labute approximate surface area is 177 Å². The predicted octanol–water partition coefficient (Wildman–Crippen LogP) is 4.90. The number of benzene rings is 2. The van der Waals surface area contributed by atoms with Gasteiger partial charge in [0.25, 0.3) is 5.91 Å². The zero-order chi connectivity index (χ0) is 20.9. The molecule has 2 heterocycles. The van der Waals surface area contributed by atoms with E-state index in [1.165, 1.54) is 12.1 Å². The Bertz CT molecular complexity index is 1180. The molecule has 5 nitrogen and oxygen atoms in total. The van der Waals surface area contributed by atoms with Crippen LogP contribution in [0.4, 0.5) is 4.39 Å². The molecule has 0 radical (unpaired) electrons. The lowest BCUT2D eigenvalue weighted by Crippen LogP contribution is -2.26. The number of rotatable bonds is 6. The van der Waals surface area contributed by atoms with Gasteiger partial charge in [0, 0.05) is 41.5 Å². The third kappa shape index (κ3) is 4.39. The summed E-state index contributed by atoms with van der Waals surface area (Å²) in [6.07, 6.45) is 2.38. The zero-order valence-corrected chi connectivity index (χ0v) is 16.7. The number of hydrogen-bond donors (Lipinski definition) is 2. The van der Waals surface area contributed by atoms with Crippen molar-refractivity contribution in [2.24, 2.45) is 0 Å². The van der Waals surface area contributed by atoms with Crippen LogP contribution in [0.25, 0.3) is 22.5 Å². The van der Waals surface area contributed by atoms with Crippen molar-refractivity contribution in [2.45, 2.75) is 6.42 Å². The molecule has 2 N–H and O–H groups in total. The number of hydrogen-bond acceptors (Lipinski definition) is 3. The van der Waals surface area contributed by atoms with Gasteiger partial charge in [-0.25, -0.2) is 4.39 Å². The minimum atomic E-state index is -0.483. The van der Waals surface area contributed by atoms with Crippen molar-refractivity contribution in [1.82, 2.24) is 20.5 Å². The van der Waals surface area contributed by atoms with Gasteiger partial charge in [-0.1, -0.05) is 35.9 Å². The monoisotopic (exact) mass is 420 g/mol. The number of halogens is 2. The SMILES string of the molecule is O=C(NCCc1ccccn1)c1ccccc1-c1cc(-c2ccc(F)c(Cl)c2)n[nH]1. The Balaban J connectivity index is 1.52. The second-order valence-corrected chi connectivity index (χ2v) is 7.08. The number of nitrogens with one attached hydrogen (secondary N) is 2. The molecular formula is C23H18ClFN4O. The van der Waals surface area contributed by atoms with Gasteiger partial charge in [-0.3, -0.25) is 14.9 Å². The third-order valence-corrected chi connectivity index (χ3v) is 4.94. The van der Waals surface area contributed by atoms with Crippen molar-refractivity contribution >= 4 is 17.5 Å². The molecular weight excluding hydrogens is 403 g/mol. The maximum atomic E-state index is 13.4. The molecule has 0 atom stereocenters. The van der Waals surface area contributed by atoms with E-state index in [4.69, 9.17) is 11.6 Å². The summed E-state index contributed by atoms with van der Waals surface area (Å²) in [5.74, 6) is -0.661. The molecule has 0 aliphatic heterocycles. The van der Waals surface area contributed by atoms with Crippen LogP contribution in [0.1, 0.15) is 16.1 Å². The summed E-state index contributed by atoms with van der Waals surface area (Å²) >= 11 is 5.88. The van der Waals surface area contributed by atoms with Gasteiger partial charge >= 0.3 is 0 Å². The van der Waals surface area contributed by atoms with Gasteiger partial charge < -0.3 is 5.32 Å². The second-order valence-electron chi connectivity index (χ2n) is 6.67. The highest BCUT2D eigenvalue weighted by atomic mass is 35.5. The average molecular weight is 421 g/mol. The largest absolute Gasteiger partial charge is 0.352 e. The molecule has 0 saturated carbocycles. The van der Waals surface area contributed by atoms with Gasteiger partial charge in [0.15, 0.2) is 0 Å². The van der Waals surface area contributed by atoms with Crippen LogP contribution in [-0.4, -0.2) is 27.6 Å². The van der Waals surface area contributed by atoms with E-state index in [0.717, 1.165) is 11.3 Å². The lowest BCUT2D eigenvalue weighted by Gasteiger charge is -2.09. The normalized spacial score (nSPS) is 10.7. The van der Waals surface area contributed by atoms with Crippen LogP contribution in [0.2, 0.25) is 5.02 Å². The first-order valence-corrected chi connectivity index (χ1v) is 9.78. The Morgan fingerprint density at radius 2 is 1.90 bits per heavy atom.